The first-order valence-corrected chi connectivity index (χ1v) is 9.54. The van der Waals surface area contributed by atoms with Crippen LogP contribution in [0.5, 0.6) is 0 Å². The Bertz CT molecular complexity index is 698. The lowest BCUT2D eigenvalue weighted by molar-refractivity contribution is -0.136. The third-order valence-electron chi connectivity index (χ3n) is 5.11. The Morgan fingerprint density at radius 3 is 2.92 bits per heavy atom. The van der Waals surface area contributed by atoms with E-state index in [1.165, 1.54) is 0 Å². The van der Waals surface area contributed by atoms with E-state index in [0.29, 0.717) is 5.91 Å². The molecule has 0 spiro atoms. The smallest absolute Gasteiger partial charge is 0.227 e. The van der Waals surface area contributed by atoms with Gasteiger partial charge in [-0.3, -0.25) is 9.48 Å². The molecular weight excluding hydrogens is 322 g/mol. The number of hydrogen-bond acceptors (Lipinski definition) is 5. The van der Waals surface area contributed by atoms with Gasteiger partial charge in [-0.05, 0) is 25.7 Å². The summed E-state index contributed by atoms with van der Waals surface area (Å²) < 4.78 is 1.82. The van der Waals surface area contributed by atoms with E-state index < -0.39 is 0 Å². The molecule has 0 bridgehead atoms. The highest BCUT2D eigenvalue weighted by Gasteiger charge is 2.36. The Morgan fingerprint density at radius 2 is 2.17 bits per heavy atom. The molecule has 24 heavy (non-hydrogen) atoms. The van der Waals surface area contributed by atoms with E-state index >= 15 is 0 Å². The number of carbonyl (C=O) groups is 1. The van der Waals surface area contributed by atoms with Crippen molar-refractivity contribution in [2.24, 2.45) is 13.0 Å². The maximum Gasteiger partial charge on any atom is 0.227 e. The lowest BCUT2D eigenvalue weighted by atomic mass is 9.96. The molecule has 2 aromatic rings. The van der Waals surface area contributed by atoms with Crippen molar-refractivity contribution in [1.29, 1.82) is 0 Å². The Hall–Kier alpha value is -1.89. The third-order valence-corrected chi connectivity index (χ3v) is 5.94. The predicted molar refractivity (Wildman–Crippen MR) is 93.9 cm³/mol. The molecule has 2 saturated heterocycles. The molecule has 0 N–H and O–H groups in total. The third kappa shape index (κ3) is 2.92. The van der Waals surface area contributed by atoms with E-state index in [2.05, 4.69) is 19.9 Å². The number of anilines is 1. The van der Waals surface area contributed by atoms with Gasteiger partial charge in [0.15, 0.2) is 5.13 Å². The molecule has 0 unspecified atom stereocenters. The number of carbonyl (C=O) groups excluding carboxylic acids is 1. The van der Waals surface area contributed by atoms with Gasteiger partial charge < -0.3 is 9.80 Å². The van der Waals surface area contributed by atoms with Crippen molar-refractivity contribution in [2.45, 2.75) is 31.7 Å². The van der Waals surface area contributed by atoms with E-state index in [4.69, 9.17) is 0 Å². The average molecular weight is 345 g/mol. The van der Waals surface area contributed by atoms with Crippen LogP contribution in [-0.2, 0) is 11.8 Å². The highest BCUT2D eigenvalue weighted by Crippen LogP contribution is 2.34. The van der Waals surface area contributed by atoms with Crippen LogP contribution >= 0.6 is 11.3 Å². The fourth-order valence-corrected chi connectivity index (χ4v) is 4.63. The molecule has 6 nitrogen and oxygen atoms in total. The van der Waals surface area contributed by atoms with Crippen LogP contribution in [0.2, 0.25) is 0 Å². The van der Waals surface area contributed by atoms with Gasteiger partial charge in [-0.15, -0.1) is 11.3 Å². The summed E-state index contributed by atoms with van der Waals surface area (Å²) in [6, 6.07) is 0.196. The molecule has 0 radical (unpaired) electrons. The second-order valence-electron chi connectivity index (χ2n) is 6.74. The van der Waals surface area contributed by atoms with Gasteiger partial charge in [0.05, 0.1) is 18.2 Å². The molecular formula is C17H23N5OS. The van der Waals surface area contributed by atoms with E-state index in [0.717, 1.165) is 56.0 Å². The van der Waals surface area contributed by atoms with Crippen molar-refractivity contribution < 1.29 is 4.79 Å². The van der Waals surface area contributed by atoms with Crippen LogP contribution in [0, 0.1) is 5.92 Å². The standard InChI is InChI=1S/C17H23N5OS/c1-20-11-14(10-19-20)15-5-3-8-22(15)16(23)13-4-2-7-21(12-13)17-18-6-9-24-17/h6,9-11,13,15H,2-5,7-8,12H2,1H3/t13-,15-/m1/s1. The zero-order valence-corrected chi connectivity index (χ0v) is 14.8. The van der Waals surface area contributed by atoms with E-state index in [-0.39, 0.29) is 12.0 Å². The Kier molecular flexibility index (Phi) is 4.26. The highest BCUT2D eigenvalue weighted by molar-refractivity contribution is 7.13. The van der Waals surface area contributed by atoms with Crippen LogP contribution in [0.15, 0.2) is 24.0 Å². The van der Waals surface area contributed by atoms with Crippen LogP contribution in [0.4, 0.5) is 5.13 Å². The molecule has 0 saturated carbocycles. The molecule has 2 atom stereocenters. The van der Waals surface area contributed by atoms with Crippen LogP contribution in [-0.4, -0.2) is 45.2 Å². The number of rotatable bonds is 3. The van der Waals surface area contributed by atoms with Crippen LogP contribution < -0.4 is 4.90 Å². The van der Waals surface area contributed by atoms with Gasteiger partial charge in [-0.25, -0.2) is 4.98 Å². The van der Waals surface area contributed by atoms with Crippen molar-refractivity contribution in [3.05, 3.63) is 29.5 Å². The molecule has 2 fully saturated rings. The van der Waals surface area contributed by atoms with Crippen LogP contribution in [0.25, 0.3) is 0 Å². The van der Waals surface area contributed by atoms with Crippen molar-refractivity contribution in [3.63, 3.8) is 0 Å². The number of amides is 1. The molecule has 4 heterocycles. The minimum absolute atomic E-state index is 0.0833. The van der Waals surface area contributed by atoms with E-state index in [9.17, 15) is 4.79 Å². The van der Waals surface area contributed by atoms with Crippen LogP contribution in [0.3, 0.4) is 0 Å². The molecule has 1 amide bonds. The first kappa shape index (κ1) is 15.6. The van der Waals surface area contributed by atoms with E-state index in [1.807, 2.05) is 35.7 Å². The fraction of sp³-hybridized carbons (Fsp3) is 0.588. The van der Waals surface area contributed by atoms with Crippen molar-refractivity contribution in [2.75, 3.05) is 24.5 Å². The summed E-state index contributed by atoms with van der Waals surface area (Å²) in [4.78, 5) is 21.9. The molecule has 2 aromatic heterocycles. The summed E-state index contributed by atoms with van der Waals surface area (Å²) in [5.74, 6) is 0.391. The quantitative estimate of drug-likeness (QED) is 0.857. The second-order valence-corrected chi connectivity index (χ2v) is 7.61. The minimum atomic E-state index is 0.0833. The highest BCUT2D eigenvalue weighted by atomic mass is 32.1. The van der Waals surface area contributed by atoms with Crippen molar-refractivity contribution in [1.82, 2.24) is 19.7 Å². The molecule has 128 valence electrons. The molecule has 0 aliphatic carbocycles. The molecule has 4 rings (SSSR count). The summed E-state index contributed by atoms with van der Waals surface area (Å²) in [5.41, 5.74) is 1.16. The number of aromatic nitrogens is 3. The van der Waals surface area contributed by atoms with Crippen molar-refractivity contribution >= 4 is 22.4 Å². The SMILES string of the molecule is Cn1cc([C@H]2CCCN2C(=O)[C@@H]2CCCN(c3nccs3)C2)cn1. The van der Waals surface area contributed by atoms with Crippen molar-refractivity contribution in [3.8, 4) is 0 Å². The van der Waals surface area contributed by atoms with Gasteiger partial charge in [0.25, 0.3) is 0 Å². The van der Waals surface area contributed by atoms with Gasteiger partial charge in [-0.2, -0.15) is 5.10 Å². The fourth-order valence-electron chi connectivity index (χ4n) is 3.95. The molecule has 2 aliphatic heterocycles. The van der Waals surface area contributed by atoms with Gasteiger partial charge in [-0.1, -0.05) is 0 Å². The molecule has 2 aliphatic rings. The monoisotopic (exact) mass is 345 g/mol. The number of nitrogens with zero attached hydrogens (tertiary/aromatic N) is 5. The number of thiazole rings is 1. The summed E-state index contributed by atoms with van der Waals surface area (Å²) in [7, 11) is 1.93. The number of aryl methyl sites for hydroxylation is 1. The molecule has 0 aromatic carbocycles. The average Bonchev–Trinajstić information content (AvgIpc) is 3.35. The zero-order chi connectivity index (χ0) is 16.5. The Morgan fingerprint density at radius 1 is 1.29 bits per heavy atom. The second kappa shape index (κ2) is 6.55. The van der Waals surface area contributed by atoms with Gasteiger partial charge in [0, 0.05) is 50.0 Å². The van der Waals surface area contributed by atoms with Gasteiger partial charge >= 0.3 is 0 Å². The maximum atomic E-state index is 13.2. The largest absolute Gasteiger partial charge is 0.347 e. The lowest BCUT2D eigenvalue weighted by Crippen LogP contribution is -2.44. The number of likely N-dealkylation sites (tertiary alicyclic amines) is 1. The Balaban J connectivity index is 1.48. The summed E-state index contributed by atoms with van der Waals surface area (Å²) in [5, 5.41) is 7.32. The summed E-state index contributed by atoms with van der Waals surface area (Å²) >= 11 is 1.65. The zero-order valence-electron chi connectivity index (χ0n) is 14.0. The predicted octanol–water partition coefficient (Wildman–Crippen LogP) is 2.46. The number of piperidine rings is 1. The Labute approximate surface area is 146 Å². The lowest BCUT2D eigenvalue weighted by Gasteiger charge is -2.35. The number of hydrogen-bond donors (Lipinski definition) is 0. The first-order chi connectivity index (χ1) is 11.7. The topological polar surface area (TPSA) is 54.3 Å². The molecule has 7 heteroatoms. The van der Waals surface area contributed by atoms with Gasteiger partial charge in [0.2, 0.25) is 5.91 Å². The van der Waals surface area contributed by atoms with E-state index in [1.54, 1.807) is 11.3 Å². The summed E-state index contributed by atoms with van der Waals surface area (Å²) in [6.45, 7) is 2.66. The van der Waals surface area contributed by atoms with Crippen LogP contribution in [0.1, 0.15) is 37.3 Å². The first-order valence-electron chi connectivity index (χ1n) is 8.66. The summed E-state index contributed by atoms with van der Waals surface area (Å²) in [6.07, 6.45) is 9.94. The minimum Gasteiger partial charge on any atom is -0.347 e. The maximum absolute atomic E-state index is 13.2. The normalized spacial score (nSPS) is 24.5. The van der Waals surface area contributed by atoms with Gasteiger partial charge in [0.1, 0.15) is 0 Å².